The Balaban J connectivity index is 1.04. The topological polar surface area (TPSA) is 206 Å². The van der Waals surface area contributed by atoms with Crippen LogP contribution in [0.1, 0.15) is 62.2 Å². The van der Waals surface area contributed by atoms with Crippen molar-refractivity contribution in [2.45, 2.75) is 43.9 Å². The molecule has 0 aromatic heterocycles. The Kier molecular flexibility index (Phi) is 13.2. The molecule has 11 N–H and O–H groups in total. The molecule has 13 nitrogen and oxygen atoms in total. The van der Waals surface area contributed by atoms with Crippen molar-refractivity contribution in [3.05, 3.63) is 177 Å². The molecule has 3 heterocycles. The van der Waals surface area contributed by atoms with Crippen LogP contribution in [-0.2, 0) is 35.0 Å². The van der Waals surface area contributed by atoms with E-state index in [-0.39, 0.29) is 54.3 Å². The molecule has 19 heteroatoms. The number of rotatable bonds is 16. The number of fused-ring (bicyclic) bond motifs is 1. The predicted molar refractivity (Wildman–Crippen MR) is 248 cm³/mol. The number of nitrogens with two attached hydrogens (primary N) is 4. The van der Waals surface area contributed by atoms with Crippen LogP contribution in [0.25, 0.3) is 0 Å². The van der Waals surface area contributed by atoms with Crippen LogP contribution in [0.3, 0.4) is 0 Å². The number of nitrogens with one attached hydrogen (secondary N) is 2. The highest BCUT2D eigenvalue weighted by atomic mass is 19.4. The summed E-state index contributed by atoms with van der Waals surface area (Å²) < 4.78 is 82.7. The lowest BCUT2D eigenvalue weighted by atomic mass is 9.98. The second-order valence-electron chi connectivity index (χ2n) is 17.7. The molecule has 3 atom stereocenters. The van der Waals surface area contributed by atoms with Gasteiger partial charge in [0, 0.05) is 58.2 Å². The Labute approximate surface area is 393 Å². The Morgan fingerprint density at radius 2 is 1.09 bits per heavy atom. The summed E-state index contributed by atoms with van der Waals surface area (Å²) in [4.78, 5) is 44.0. The van der Waals surface area contributed by atoms with Gasteiger partial charge in [0.15, 0.2) is 0 Å². The summed E-state index contributed by atoms with van der Waals surface area (Å²) >= 11 is 0. The molecule has 0 bridgehead atoms. The third-order valence-corrected chi connectivity index (χ3v) is 12.9. The summed E-state index contributed by atoms with van der Waals surface area (Å²) in [5.74, 6) is -1.92. The molecule has 69 heavy (non-hydrogen) atoms. The molecule has 0 spiro atoms. The van der Waals surface area contributed by atoms with Gasteiger partial charge in [-0.1, -0.05) is 42.5 Å². The van der Waals surface area contributed by atoms with Crippen LogP contribution < -0.4 is 33.6 Å². The first kappa shape index (κ1) is 48.1. The van der Waals surface area contributed by atoms with Crippen molar-refractivity contribution in [1.82, 2.24) is 9.80 Å². The Morgan fingerprint density at radius 3 is 1.55 bits per heavy atom. The fourth-order valence-corrected chi connectivity index (χ4v) is 9.34. The molecule has 0 fully saturated rings. The molecule has 0 aliphatic carbocycles. The van der Waals surface area contributed by atoms with E-state index < -0.39 is 53.3 Å². The van der Waals surface area contributed by atoms with Gasteiger partial charge in [-0.2, -0.15) is 26.3 Å². The number of carboxylic acid groups (broad SMARTS) is 1. The maximum Gasteiger partial charge on any atom is 0.416 e. The Morgan fingerprint density at radius 1 is 0.623 bits per heavy atom. The number of carbonyl (C=O) groups excluding carboxylic acids is 2. The zero-order valence-corrected chi connectivity index (χ0v) is 37.1. The number of benzene rings is 5. The van der Waals surface area contributed by atoms with Gasteiger partial charge in [0.25, 0.3) is 11.8 Å². The van der Waals surface area contributed by atoms with E-state index in [0.717, 1.165) is 35.4 Å². The molecule has 0 saturated carbocycles. The van der Waals surface area contributed by atoms with Crippen LogP contribution in [0.4, 0.5) is 49.1 Å². The highest BCUT2D eigenvalue weighted by molar-refractivity contribution is 6.00. The molecule has 0 radical (unpaired) electrons. The summed E-state index contributed by atoms with van der Waals surface area (Å²) in [6.45, 7) is 2.03. The number of carboxylic acids is 1. The smallest absolute Gasteiger partial charge is 0.416 e. The fraction of sp³-hybridized carbons (Fsp3) is 0.260. The molecule has 8 rings (SSSR count). The number of hydrogen-bond donors (Lipinski definition) is 7. The number of carbonyl (C=O) groups is 3. The molecular formula is C50H50F6N9O4+. The highest BCUT2D eigenvalue weighted by Gasteiger charge is 2.42. The zero-order valence-electron chi connectivity index (χ0n) is 37.1. The van der Waals surface area contributed by atoms with Crippen molar-refractivity contribution < 1.29 is 50.3 Å². The number of nitrogen functional groups attached to an aromatic ring is 2. The van der Waals surface area contributed by atoms with Gasteiger partial charge >= 0.3 is 18.3 Å². The molecular weight excluding hydrogens is 905 g/mol. The molecule has 5 aromatic carbocycles. The fourth-order valence-electron chi connectivity index (χ4n) is 9.34. The van der Waals surface area contributed by atoms with E-state index in [1.54, 1.807) is 70.5 Å². The lowest BCUT2D eigenvalue weighted by Gasteiger charge is -2.36. The number of quaternary nitrogens is 1. The summed E-state index contributed by atoms with van der Waals surface area (Å²) in [5.41, 5.74) is 28.7. The van der Waals surface area contributed by atoms with Crippen molar-refractivity contribution >= 4 is 40.5 Å². The number of aromatic carboxylic acids is 1. The summed E-state index contributed by atoms with van der Waals surface area (Å²) in [6.07, 6.45) is -8.80. The van der Waals surface area contributed by atoms with Crippen molar-refractivity contribution in [2.75, 3.05) is 61.4 Å². The molecule has 2 amide bonds. The first-order chi connectivity index (χ1) is 32.7. The zero-order chi connectivity index (χ0) is 49.4. The minimum absolute atomic E-state index is 0.00413. The van der Waals surface area contributed by atoms with Crippen molar-refractivity contribution in [1.29, 1.82) is 0 Å². The number of amides is 2. The predicted octanol–water partition coefficient (Wildman–Crippen LogP) is 7.62. The first-order valence-corrected chi connectivity index (χ1v) is 22.0. The number of alkyl halides is 6. The van der Waals surface area contributed by atoms with Crippen molar-refractivity contribution in [3.8, 4) is 0 Å². The third-order valence-electron chi connectivity index (χ3n) is 12.9. The molecule has 360 valence electrons. The van der Waals surface area contributed by atoms with E-state index in [9.17, 15) is 45.8 Å². The van der Waals surface area contributed by atoms with Gasteiger partial charge in [-0.3, -0.25) is 9.59 Å². The maximum absolute atomic E-state index is 14.5. The summed E-state index contributed by atoms with van der Waals surface area (Å²) in [5, 5.41) is 15.9. The average molecular weight is 955 g/mol. The summed E-state index contributed by atoms with van der Waals surface area (Å²) in [6, 6.07) is 25.6. The SMILES string of the molecule is Nc1ccc([C@@H](N)C2=C(Nc3cccc(C(F)(F)F)c3)CN(CCC[N+]3(CCN4CC(Nc5cccc(C(F)(F)F)c5)=C([C@H](N)c5ccc(N)cc5)C4=O)Cc4ccc(C(=O)O)cc4C3)C2=O)cc1. The normalized spacial score (nSPS) is 18.3. The minimum Gasteiger partial charge on any atom is -0.478 e. The average Bonchev–Trinajstić information content (AvgIpc) is 3.93. The quantitative estimate of drug-likeness (QED) is 0.0293. The number of halogens is 6. The van der Waals surface area contributed by atoms with E-state index in [2.05, 4.69) is 10.6 Å². The van der Waals surface area contributed by atoms with Gasteiger partial charge < -0.3 is 53.0 Å². The Hall–Kier alpha value is -7.35. The standard InChI is InChI=1S/C50H49F6N9O4/c51-49(52,53)34-4-1-6-38(23-34)61-40-25-63(46(66)42(40)44(59)29-10-14-36(57)15-11-29)18-3-20-65(27-32-9-8-31(48(68)69)22-33(32)28-65)21-19-64-26-41(62-39-7-2-5-35(24-39)50(54,55)56)43(47(64)67)45(60)30-12-16-37(58)17-13-30/h1-2,4-17,22-24,44-45H,3,18-21,25-28,57-60H2,(H2-,61,62,66,67,68,69)/p+1/t44-,45-,65?/m1/s1. The maximum atomic E-state index is 14.5. The van der Waals surface area contributed by atoms with E-state index in [1.165, 1.54) is 30.3 Å². The lowest BCUT2D eigenvalue weighted by Crippen LogP contribution is -2.49. The van der Waals surface area contributed by atoms with E-state index in [1.807, 2.05) is 0 Å². The molecule has 0 saturated heterocycles. The van der Waals surface area contributed by atoms with Gasteiger partial charge in [-0.25, -0.2) is 4.79 Å². The van der Waals surface area contributed by atoms with Crippen LogP contribution in [0.5, 0.6) is 0 Å². The lowest BCUT2D eigenvalue weighted by molar-refractivity contribution is -0.946. The van der Waals surface area contributed by atoms with Gasteiger partial charge in [0.05, 0.1) is 72.6 Å². The van der Waals surface area contributed by atoms with Gasteiger partial charge in [-0.05, 0) is 83.9 Å². The largest absolute Gasteiger partial charge is 0.478 e. The van der Waals surface area contributed by atoms with Gasteiger partial charge in [-0.15, -0.1) is 0 Å². The third kappa shape index (κ3) is 10.5. The van der Waals surface area contributed by atoms with Crippen LogP contribution >= 0.6 is 0 Å². The second kappa shape index (κ2) is 19.0. The minimum atomic E-state index is -4.61. The molecule has 5 aromatic rings. The van der Waals surface area contributed by atoms with Crippen LogP contribution in [0, 0.1) is 0 Å². The van der Waals surface area contributed by atoms with Gasteiger partial charge in [0.1, 0.15) is 13.1 Å². The van der Waals surface area contributed by atoms with E-state index in [0.29, 0.717) is 71.0 Å². The van der Waals surface area contributed by atoms with Gasteiger partial charge in [0.2, 0.25) is 0 Å². The van der Waals surface area contributed by atoms with Crippen molar-refractivity contribution in [3.63, 3.8) is 0 Å². The van der Waals surface area contributed by atoms with Crippen LogP contribution in [0.2, 0.25) is 0 Å². The second-order valence-corrected chi connectivity index (χ2v) is 17.7. The number of anilines is 4. The monoisotopic (exact) mass is 954 g/mol. The van der Waals surface area contributed by atoms with Crippen LogP contribution in [-0.4, -0.2) is 76.4 Å². The first-order valence-electron chi connectivity index (χ1n) is 22.0. The van der Waals surface area contributed by atoms with E-state index in [4.69, 9.17) is 22.9 Å². The van der Waals surface area contributed by atoms with Crippen molar-refractivity contribution in [2.24, 2.45) is 11.5 Å². The van der Waals surface area contributed by atoms with E-state index >= 15 is 0 Å². The molecule has 1 unspecified atom stereocenters. The van der Waals surface area contributed by atoms with Crippen LogP contribution in [0.15, 0.2) is 138 Å². The highest BCUT2D eigenvalue weighted by Crippen LogP contribution is 2.38. The molecule has 3 aliphatic rings. The number of hydrogen-bond acceptors (Lipinski definition) is 9. The number of nitrogens with zero attached hydrogens (tertiary/aromatic N) is 3. The molecule has 3 aliphatic heterocycles. The summed E-state index contributed by atoms with van der Waals surface area (Å²) in [7, 11) is 0. The Bertz CT molecular complexity index is 2850.